The summed E-state index contributed by atoms with van der Waals surface area (Å²) in [5.41, 5.74) is 4.16. The second kappa shape index (κ2) is 6.20. The number of rotatable bonds is 3. The van der Waals surface area contributed by atoms with Crippen LogP contribution < -0.4 is 0 Å². The fourth-order valence-electron chi connectivity index (χ4n) is 3.08. The lowest BCUT2D eigenvalue weighted by Crippen LogP contribution is -1.97. The first-order chi connectivity index (χ1) is 13.7. The Hall–Kier alpha value is -4.20. The Labute approximate surface area is 158 Å². The summed E-state index contributed by atoms with van der Waals surface area (Å²) in [6.07, 6.45) is 1.60. The first-order valence-electron chi connectivity index (χ1n) is 8.51. The van der Waals surface area contributed by atoms with Gasteiger partial charge in [-0.15, -0.1) is 5.10 Å². The summed E-state index contributed by atoms with van der Waals surface area (Å²) in [7, 11) is 0. The quantitative estimate of drug-likeness (QED) is 0.353. The summed E-state index contributed by atoms with van der Waals surface area (Å²) in [5, 5.41) is 19.9. The molecular formula is C20H12N6O2. The molecule has 0 aliphatic heterocycles. The first kappa shape index (κ1) is 16.0. The van der Waals surface area contributed by atoms with E-state index in [2.05, 4.69) is 20.3 Å². The fraction of sp³-hybridized carbons (Fsp3) is 0. The number of para-hydroxylation sites is 1. The van der Waals surface area contributed by atoms with E-state index in [0.29, 0.717) is 16.7 Å². The van der Waals surface area contributed by atoms with Crippen LogP contribution in [-0.2, 0) is 0 Å². The molecule has 0 saturated carbocycles. The van der Waals surface area contributed by atoms with Crippen LogP contribution in [0.25, 0.3) is 39.0 Å². The van der Waals surface area contributed by atoms with Crippen LogP contribution in [0.4, 0.5) is 5.69 Å². The van der Waals surface area contributed by atoms with Crippen LogP contribution in [0.15, 0.2) is 72.9 Å². The van der Waals surface area contributed by atoms with E-state index in [4.69, 9.17) is 0 Å². The van der Waals surface area contributed by atoms with E-state index >= 15 is 0 Å². The number of fused-ring (bicyclic) bond motifs is 2. The third-order valence-corrected chi connectivity index (χ3v) is 4.50. The Morgan fingerprint density at radius 3 is 2.57 bits per heavy atom. The number of nitrogens with zero attached hydrogens (tertiary/aromatic N) is 6. The fourth-order valence-corrected chi connectivity index (χ4v) is 3.08. The van der Waals surface area contributed by atoms with Crippen molar-refractivity contribution in [3.63, 3.8) is 0 Å². The minimum Gasteiger partial charge on any atom is -0.258 e. The van der Waals surface area contributed by atoms with E-state index in [1.165, 1.54) is 12.1 Å². The van der Waals surface area contributed by atoms with Crippen LogP contribution in [0.5, 0.6) is 0 Å². The van der Waals surface area contributed by atoms with Crippen molar-refractivity contribution in [1.82, 2.24) is 25.0 Å². The Kier molecular flexibility index (Phi) is 3.55. The molecule has 0 aliphatic rings. The molecule has 0 radical (unpaired) electrons. The van der Waals surface area contributed by atoms with Gasteiger partial charge in [-0.1, -0.05) is 17.3 Å². The van der Waals surface area contributed by atoms with Crippen LogP contribution >= 0.6 is 0 Å². The molecule has 28 heavy (non-hydrogen) atoms. The largest absolute Gasteiger partial charge is 0.270 e. The van der Waals surface area contributed by atoms with Gasteiger partial charge in [-0.25, -0.2) is 14.6 Å². The molecule has 0 bridgehead atoms. The van der Waals surface area contributed by atoms with Gasteiger partial charge in [0.2, 0.25) is 0 Å². The van der Waals surface area contributed by atoms with E-state index in [9.17, 15) is 10.1 Å². The van der Waals surface area contributed by atoms with Crippen molar-refractivity contribution in [2.24, 2.45) is 0 Å². The molecule has 2 heterocycles. The third-order valence-electron chi connectivity index (χ3n) is 4.50. The Morgan fingerprint density at radius 2 is 1.75 bits per heavy atom. The number of benzene rings is 3. The monoisotopic (exact) mass is 368 g/mol. The number of hydrogen-bond acceptors (Lipinski definition) is 6. The maximum atomic E-state index is 10.9. The Balaban J connectivity index is 1.51. The molecule has 0 saturated heterocycles. The van der Waals surface area contributed by atoms with Gasteiger partial charge in [0.1, 0.15) is 5.52 Å². The lowest BCUT2D eigenvalue weighted by Gasteiger charge is -2.05. The molecule has 3 aromatic carbocycles. The second-order valence-corrected chi connectivity index (χ2v) is 6.23. The van der Waals surface area contributed by atoms with Crippen LogP contribution in [0.2, 0.25) is 0 Å². The highest BCUT2D eigenvalue weighted by molar-refractivity contribution is 5.82. The van der Waals surface area contributed by atoms with Gasteiger partial charge < -0.3 is 0 Å². The van der Waals surface area contributed by atoms with Gasteiger partial charge >= 0.3 is 0 Å². The summed E-state index contributed by atoms with van der Waals surface area (Å²) in [6, 6.07) is 20.0. The predicted octanol–water partition coefficient (Wildman–Crippen LogP) is 3.94. The van der Waals surface area contributed by atoms with Crippen LogP contribution in [-0.4, -0.2) is 29.9 Å². The minimum absolute atomic E-state index is 0.0215. The molecule has 0 unspecified atom stereocenters. The molecule has 0 aliphatic carbocycles. The molecule has 0 atom stereocenters. The molecule has 0 spiro atoms. The normalized spacial score (nSPS) is 11.1. The zero-order valence-corrected chi connectivity index (χ0v) is 14.4. The van der Waals surface area contributed by atoms with E-state index in [1.54, 1.807) is 16.9 Å². The second-order valence-electron chi connectivity index (χ2n) is 6.23. The smallest absolute Gasteiger partial charge is 0.258 e. The van der Waals surface area contributed by atoms with E-state index in [0.717, 1.165) is 22.3 Å². The van der Waals surface area contributed by atoms with Crippen LogP contribution in [0.3, 0.4) is 0 Å². The van der Waals surface area contributed by atoms with Gasteiger partial charge in [0.15, 0.2) is 5.82 Å². The molecule has 5 rings (SSSR count). The molecule has 5 aromatic rings. The van der Waals surface area contributed by atoms with Crippen LogP contribution in [0.1, 0.15) is 0 Å². The van der Waals surface area contributed by atoms with E-state index in [1.807, 2.05) is 48.5 Å². The number of hydrogen-bond donors (Lipinski definition) is 0. The molecule has 134 valence electrons. The number of aromatic nitrogens is 5. The SMILES string of the molecule is O=[N+]([O-])c1ccc2nc(-c3ccc(-n4nnc5ccccc54)cc3)ncc2c1. The van der Waals surface area contributed by atoms with Gasteiger partial charge in [-0.2, -0.15) is 0 Å². The summed E-state index contributed by atoms with van der Waals surface area (Å²) in [6.45, 7) is 0. The summed E-state index contributed by atoms with van der Waals surface area (Å²) in [5.74, 6) is 0.552. The predicted molar refractivity (Wildman–Crippen MR) is 104 cm³/mol. The molecule has 8 heteroatoms. The lowest BCUT2D eigenvalue weighted by atomic mass is 10.1. The zero-order chi connectivity index (χ0) is 19.1. The van der Waals surface area contributed by atoms with Crippen molar-refractivity contribution in [1.29, 1.82) is 0 Å². The standard InChI is InChI=1S/C20H12N6O2/c27-26(28)16-9-10-17-14(11-16)12-21-20(22-17)13-5-7-15(8-6-13)25-19-4-2-1-3-18(19)23-24-25/h1-12H. The maximum Gasteiger partial charge on any atom is 0.270 e. The summed E-state index contributed by atoms with van der Waals surface area (Å²) >= 11 is 0. The lowest BCUT2D eigenvalue weighted by molar-refractivity contribution is -0.384. The first-order valence-corrected chi connectivity index (χ1v) is 8.51. The molecule has 0 amide bonds. The minimum atomic E-state index is -0.431. The topological polar surface area (TPSA) is 99.6 Å². The van der Waals surface area contributed by atoms with Crippen molar-refractivity contribution in [2.75, 3.05) is 0 Å². The average Bonchev–Trinajstić information content (AvgIpc) is 3.17. The van der Waals surface area contributed by atoms with Crippen molar-refractivity contribution in [3.05, 3.63) is 83.0 Å². The molecule has 0 N–H and O–H groups in total. The molecule has 0 fully saturated rings. The summed E-state index contributed by atoms with van der Waals surface area (Å²) in [4.78, 5) is 19.3. The van der Waals surface area contributed by atoms with E-state index in [-0.39, 0.29) is 5.69 Å². The maximum absolute atomic E-state index is 10.9. The van der Waals surface area contributed by atoms with Gasteiger partial charge in [-0.3, -0.25) is 10.1 Å². The highest BCUT2D eigenvalue weighted by atomic mass is 16.6. The van der Waals surface area contributed by atoms with Crippen molar-refractivity contribution in [3.8, 4) is 17.1 Å². The van der Waals surface area contributed by atoms with Crippen molar-refractivity contribution in [2.45, 2.75) is 0 Å². The highest BCUT2D eigenvalue weighted by Gasteiger charge is 2.10. The number of nitro groups is 1. The Bertz CT molecular complexity index is 1340. The molecule has 2 aromatic heterocycles. The van der Waals surface area contributed by atoms with Gasteiger partial charge in [0.25, 0.3) is 5.69 Å². The Morgan fingerprint density at radius 1 is 0.929 bits per heavy atom. The van der Waals surface area contributed by atoms with Gasteiger partial charge in [0.05, 0.1) is 21.6 Å². The molecule has 8 nitrogen and oxygen atoms in total. The zero-order valence-electron chi connectivity index (χ0n) is 14.4. The van der Waals surface area contributed by atoms with Crippen molar-refractivity contribution < 1.29 is 4.92 Å². The average molecular weight is 368 g/mol. The summed E-state index contributed by atoms with van der Waals surface area (Å²) < 4.78 is 1.78. The van der Waals surface area contributed by atoms with Crippen LogP contribution in [0, 0.1) is 10.1 Å². The van der Waals surface area contributed by atoms with Crippen molar-refractivity contribution >= 4 is 27.6 Å². The number of nitro benzene ring substituents is 1. The highest BCUT2D eigenvalue weighted by Crippen LogP contribution is 2.23. The number of non-ortho nitro benzene ring substituents is 1. The van der Waals surface area contributed by atoms with E-state index < -0.39 is 4.92 Å². The third kappa shape index (κ3) is 2.64. The van der Waals surface area contributed by atoms with Gasteiger partial charge in [-0.05, 0) is 42.5 Å². The van der Waals surface area contributed by atoms with Gasteiger partial charge in [0, 0.05) is 29.3 Å². The molecular weight excluding hydrogens is 356 g/mol.